The van der Waals surface area contributed by atoms with Crippen LogP contribution < -0.4 is 11.1 Å². The second kappa shape index (κ2) is 4.38. The van der Waals surface area contributed by atoms with Gasteiger partial charge in [-0.1, -0.05) is 12.1 Å². The lowest BCUT2D eigenvalue weighted by Gasteiger charge is -2.03. The van der Waals surface area contributed by atoms with Crippen LogP contribution in [0.4, 0.5) is 0 Å². The van der Waals surface area contributed by atoms with Crippen LogP contribution in [-0.2, 0) is 4.79 Å². The molecule has 5 heteroatoms. The number of amides is 2. The van der Waals surface area contributed by atoms with Gasteiger partial charge in [-0.15, -0.1) is 0 Å². The molecule has 0 radical (unpaired) electrons. The van der Waals surface area contributed by atoms with Gasteiger partial charge in [0.25, 0.3) is 5.91 Å². The molecule has 1 rings (SSSR count). The minimum atomic E-state index is -0.654. The summed E-state index contributed by atoms with van der Waals surface area (Å²) >= 11 is 0. The first-order valence-corrected chi connectivity index (χ1v) is 3.97. The molecule has 0 aliphatic rings. The van der Waals surface area contributed by atoms with Gasteiger partial charge in [0.15, 0.2) is 0 Å². The van der Waals surface area contributed by atoms with Crippen molar-refractivity contribution in [3.8, 4) is 5.75 Å². The highest BCUT2D eigenvalue weighted by molar-refractivity contribution is 6.06. The molecule has 0 aromatic heterocycles. The fourth-order valence-electron chi connectivity index (χ4n) is 0.911. The number of rotatable bonds is 2. The number of para-hydroxylation sites is 1. The molecule has 4 N–H and O–H groups in total. The summed E-state index contributed by atoms with van der Waals surface area (Å²) in [7, 11) is 0. The van der Waals surface area contributed by atoms with E-state index in [-0.39, 0.29) is 17.9 Å². The van der Waals surface area contributed by atoms with Crippen LogP contribution in [-0.4, -0.2) is 23.5 Å². The van der Waals surface area contributed by atoms with E-state index in [1.807, 2.05) is 5.32 Å². The van der Waals surface area contributed by atoms with Crippen molar-refractivity contribution < 1.29 is 14.7 Å². The number of phenolic OH excluding ortho intramolecular Hbond substituents is 1. The van der Waals surface area contributed by atoms with E-state index in [1.165, 1.54) is 12.1 Å². The highest BCUT2D eigenvalue weighted by Gasteiger charge is 2.11. The number of hydrogen-bond donors (Lipinski definition) is 3. The average Bonchev–Trinajstić information content (AvgIpc) is 2.18. The maximum absolute atomic E-state index is 11.3. The Morgan fingerprint density at radius 2 is 2.00 bits per heavy atom. The second-order valence-corrected chi connectivity index (χ2v) is 2.60. The number of carbonyl (C=O) groups is 2. The minimum Gasteiger partial charge on any atom is -0.507 e. The van der Waals surface area contributed by atoms with Crippen molar-refractivity contribution >= 4 is 11.8 Å². The quantitative estimate of drug-likeness (QED) is 0.597. The topological polar surface area (TPSA) is 92.4 Å². The summed E-state index contributed by atoms with van der Waals surface area (Å²) in [4.78, 5) is 22.1. The van der Waals surface area contributed by atoms with Gasteiger partial charge in [0.05, 0.1) is 12.1 Å². The van der Waals surface area contributed by atoms with Crippen molar-refractivity contribution in [3.63, 3.8) is 0 Å². The molecule has 14 heavy (non-hydrogen) atoms. The molecule has 1 aromatic rings. The van der Waals surface area contributed by atoms with Crippen LogP contribution in [0.25, 0.3) is 0 Å². The summed E-state index contributed by atoms with van der Waals surface area (Å²) in [6.07, 6.45) is 0. The van der Waals surface area contributed by atoms with E-state index in [9.17, 15) is 14.7 Å². The monoisotopic (exact) mass is 194 g/mol. The van der Waals surface area contributed by atoms with Crippen LogP contribution in [0, 0.1) is 0 Å². The van der Waals surface area contributed by atoms with Gasteiger partial charge in [-0.05, 0) is 12.1 Å². The summed E-state index contributed by atoms with van der Waals surface area (Å²) in [5.74, 6) is -1.41. The molecule has 0 saturated carbocycles. The number of nitrogens with one attached hydrogen (secondary N) is 1. The Kier molecular flexibility index (Phi) is 3.19. The predicted molar refractivity (Wildman–Crippen MR) is 49.6 cm³/mol. The zero-order valence-corrected chi connectivity index (χ0v) is 7.36. The van der Waals surface area contributed by atoms with Gasteiger partial charge in [0.2, 0.25) is 5.91 Å². The summed E-state index contributed by atoms with van der Waals surface area (Å²) in [6, 6.07) is 5.94. The van der Waals surface area contributed by atoms with E-state index in [1.54, 1.807) is 12.1 Å². The lowest BCUT2D eigenvalue weighted by molar-refractivity contribution is -0.118. The van der Waals surface area contributed by atoms with Crippen molar-refractivity contribution in [2.75, 3.05) is 6.54 Å². The van der Waals surface area contributed by atoms with Crippen LogP contribution in [0.5, 0.6) is 5.75 Å². The standard InChI is InChI=1S/C9H10N2O3/c10-5-8(13)11-9(14)6-3-1-2-4-7(6)12/h1-4,12H,5,10H2,(H,11,13,14). The Labute approximate surface area is 80.5 Å². The molecule has 0 spiro atoms. The molecular formula is C9H10N2O3. The normalized spacial score (nSPS) is 9.50. The third-order valence-corrected chi connectivity index (χ3v) is 1.59. The first-order valence-electron chi connectivity index (χ1n) is 3.97. The lowest BCUT2D eigenvalue weighted by Crippen LogP contribution is -2.35. The van der Waals surface area contributed by atoms with E-state index in [4.69, 9.17) is 5.73 Å². The zero-order chi connectivity index (χ0) is 10.6. The van der Waals surface area contributed by atoms with Gasteiger partial charge in [-0.3, -0.25) is 14.9 Å². The maximum atomic E-state index is 11.3. The first-order chi connectivity index (χ1) is 6.65. The third-order valence-electron chi connectivity index (χ3n) is 1.59. The molecule has 5 nitrogen and oxygen atoms in total. The Morgan fingerprint density at radius 1 is 1.36 bits per heavy atom. The van der Waals surface area contributed by atoms with Crippen LogP contribution >= 0.6 is 0 Å². The van der Waals surface area contributed by atoms with Gasteiger partial charge in [0.1, 0.15) is 5.75 Å². The van der Waals surface area contributed by atoms with Gasteiger partial charge in [-0.25, -0.2) is 0 Å². The molecule has 0 fully saturated rings. The number of hydrogen-bond acceptors (Lipinski definition) is 4. The minimum absolute atomic E-state index is 0.0503. The highest BCUT2D eigenvalue weighted by atomic mass is 16.3. The molecule has 0 aliphatic carbocycles. The third kappa shape index (κ3) is 2.30. The lowest BCUT2D eigenvalue weighted by atomic mass is 10.2. The van der Waals surface area contributed by atoms with Crippen molar-refractivity contribution in [1.82, 2.24) is 5.32 Å². The number of aromatic hydroxyl groups is 1. The number of nitrogens with two attached hydrogens (primary N) is 1. The summed E-state index contributed by atoms with van der Waals surface area (Å²) < 4.78 is 0. The van der Waals surface area contributed by atoms with Crippen molar-refractivity contribution in [2.24, 2.45) is 5.73 Å². The first kappa shape index (κ1) is 10.2. The fourth-order valence-corrected chi connectivity index (χ4v) is 0.911. The van der Waals surface area contributed by atoms with Gasteiger partial charge >= 0.3 is 0 Å². The zero-order valence-electron chi connectivity index (χ0n) is 7.36. The van der Waals surface area contributed by atoms with Gasteiger partial charge < -0.3 is 10.8 Å². The fraction of sp³-hybridized carbons (Fsp3) is 0.111. The summed E-state index contributed by atoms with van der Waals surface area (Å²) in [5, 5.41) is 11.3. The SMILES string of the molecule is NCC(=O)NC(=O)c1ccccc1O. The molecule has 0 heterocycles. The largest absolute Gasteiger partial charge is 0.507 e. The number of phenols is 1. The van der Waals surface area contributed by atoms with Crippen LogP contribution in [0.15, 0.2) is 24.3 Å². The molecule has 74 valence electrons. The van der Waals surface area contributed by atoms with Crippen LogP contribution in [0.3, 0.4) is 0 Å². The molecule has 0 aliphatic heterocycles. The van der Waals surface area contributed by atoms with Crippen molar-refractivity contribution in [2.45, 2.75) is 0 Å². The molecule has 0 bridgehead atoms. The Bertz CT molecular complexity index is 363. The van der Waals surface area contributed by atoms with Gasteiger partial charge in [-0.2, -0.15) is 0 Å². The van der Waals surface area contributed by atoms with E-state index < -0.39 is 11.8 Å². The van der Waals surface area contributed by atoms with E-state index in [0.29, 0.717) is 0 Å². The van der Waals surface area contributed by atoms with Crippen molar-refractivity contribution in [1.29, 1.82) is 0 Å². The number of imide groups is 1. The second-order valence-electron chi connectivity index (χ2n) is 2.60. The van der Waals surface area contributed by atoms with E-state index in [0.717, 1.165) is 0 Å². The Balaban J connectivity index is 2.80. The van der Waals surface area contributed by atoms with E-state index >= 15 is 0 Å². The Hall–Kier alpha value is -1.88. The van der Waals surface area contributed by atoms with Crippen molar-refractivity contribution in [3.05, 3.63) is 29.8 Å². The molecule has 0 unspecified atom stereocenters. The molecule has 0 atom stereocenters. The van der Waals surface area contributed by atoms with E-state index in [2.05, 4.69) is 0 Å². The van der Waals surface area contributed by atoms with Crippen LogP contribution in [0.1, 0.15) is 10.4 Å². The molecule has 2 amide bonds. The molecule has 1 aromatic carbocycles. The Morgan fingerprint density at radius 3 is 2.57 bits per heavy atom. The number of benzene rings is 1. The maximum Gasteiger partial charge on any atom is 0.261 e. The van der Waals surface area contributed by atoms with Gasteiger partial charge in [0, 0.05) is 0 Å². The smallest absolute Gasteiger partial charge is 0.261 e. The molecular weight excluding hydrogens is 184 g/mol. The average molecular weight is 194 g/mol. The highest BCUT2D eigenvalue weighted by Crippen LogP contribution is 2.14. The number of carbonyl (C=O) groups excluding carboxylic acids is 2. The summed E-state index contributed by atoms with van der Waals surface area (Å²) in [6.45, 7) is -0.265. The van der Waals surface area contributed by atoms with Crippen LogP contribution in [0.2, 0.25) is 0 Å². The predicted octanol–water partition coefficient (Wildman–Crippen LogP) is -0.393. The summed E-state index contributed by atoms with van der Waals surface area (Å²) in [5.41, 5.74) is 5.06. The molecule has 0 saturated heterocycles.